The molecule has 2 heterocycles. The van der Waals surface area contributed by atoms with Crippen LogP contribution in [0.25, 0.3) is 10.8 Å². The first kappa shape index (κ1) is 21.1. The molecule has 0 atom stereocenters. The maximum atomic E-state index is 13.0. The molecular weight excluding hydrogens is 392 g/mol. The van der Waals surface area contributed by atoms with Crippen molar-refractivity contribution in [1.82, 2.24) is 4.57 Å². The minimum Gasteiger partial charge on any atom is -0.496 e. The molecule has 1 amide bonds. The van der Waals surface area contributed by atoms with Crippen molar-refractivity contribution in [3.05, 3.63) is 70.1 Å². The largest absolute Gasteiger partial charge is 0.496 e. The molecule has 1 fully saturated rings. The fourth-order valence-electron chi connectivity index (χ4n) is 4.21. The standard InChI is InChI=1S/C25H28N2O4/c1-17-14-19(6-7-23(17)30-2)15-24(28)26-22-5-3-4-21-20(22)8-11-27(25(21)29)16-18-9-12-31-13-10-18/h3-8,11,14,18H,9-10,12-13,15-16H2,1-2H3,(H,26,28). The number of rotatable bonds is 6. The van der Waals surface area contributed by atoms with Crippen molar-refractivity contribution >= 4 is 22.4 Å². The molecule has 162 valence electrons. The number of aromatic nitrogens is 1. The van der Waals surface area contributed by atoms with E-state index in [1.165, 1.54) is 0 Å². The van der Waals surface area contributed by atoms with Gasteiger partial charge in [-0.15, -0.1) is 0 Å². The van der Waals surface area contributed by atoms with E-state index in [9.17, 15) is 9.59 Å². The van der Waals surface area contributed by atoms with Gasteiger partial charge >= 0.3 is 0 Å². The third-order valence-corrected chi connectivity index (χ3v) is 5.91. The number of nitrogens with one attached hydrogen (secondary N) is 1. The van der Waals surface area contributed by atoms with Gasteiger partial charge in [0.05, 0.1) is 13.5 Å². The first-order valence-corrected chi connectivity index (χ1v) is 10.7. The Morgan fingerprint density at radius 1 is 1.16 bits per heavy atom. The Labute approximate surface area is 181 Å². The lowest BCUT2D eigenvalue weighted by molar-refractivity contribution is -0.115. The molecule has 0 spiro atoms. The molecule has 1 N–H and O–H groups in total. The van der Waals surface area contributed by atoms with Crippen molar-refractivity contribution < 1.29 is 14.3 Å². The zero-order chi connectivity index (χ0) is 21.8. The summed E-state index contributed by atoms with van der Waals surface area (Å²) in [6.45, 7) is 4.18. The van der Waals surface area contributed by atoms with E-state index in [-0.39, 0.29) is 17.9 Å². The highest BCUT2D eigenvalue weighted by molar-refractivity contribution is 6.02. The van der Waals surface area contributed by atoms with Gasteiger partial charge in [-0.3, -0.25) is 9.59 Å². The molecule has 4 rings (SSSR count). The Morgan fingerprint density at radius 3 is 2.71 bits per heavy atom. The molecule has 6 nitrogen and oxygen atoms in total. The van der Waals surface area contributed by atoms with E-state index in [1.807, 2.05) is 55.6 Å². The summed E-state index contributed by atoms with van der Waals surface area (Å²) in [5, 5.41) is 4.35. The second kappa shape index (κ2) is 9.35. The number of methoxy groups -OCH3 is 1. The lowest BCUT2D eigenvalue weighted by Gasteiger charge is -2.23. The van der Waals surface area contributed by atoms with Gasteiger partial charge in [-0.2, -0.15) is 0 Å². The van der Waals surface area contributed by atoms with Gasteiger partial charge in [0.1, 0.15) is 5.75 Å². The van der Waals surface area contributed by atoms with Crippen molar-refractivity contribution in [2.24, 2.45) is 5.92 Å². The van der Waals surface area contributed by atoms with Crippen molar-refractivity contribution in [3.63, 3.8) is 0 Å². The van der Waals surface area contributed by atoms with E-state index in [4.69, 9.17) is 9.47 Å². The quantitative estimate of drug-likeness (QED) is 0.656. The second-order valence-corrected chi connectivity index (χ2v) is 8.12. The molecule has 1 aliphatic rings. The van der Waals surface area contributed by atoms with Gasteiger partial charge in [0.25, 0.3) is 5.56 Å². The fourth-order valence-corrected chi connectivity index (χ4v) is 4.21. The smallest absolute Gasteiger partial charge is 0.258 e. The van der Waals surface area contributed by atoms with Crippen LogP contribution in [0.2, 0.25) is 0 Å². The minimum absolute atomic E-state index is 0.0223. The zero-order valence-corrected chi connectivity index (χ0v) is 18.0. The number of pyridine rings is 1. The normalized spacial score (nSPS) is 14.5. The van der Waals surface area contributed by atoms with Gasteiger partial charge < -0.3 is 19.4 Å². The van der Waals surface area contributed by atoms with Crippen LogP contribution in [0, 0.1) is 12.8 Å². The van der Waals surface area contributed by atoms with Gasteiger partial charge in [-0.25, -0.2) is 0 Å². The van der Waals surface area contributed by atoms with E-state index < -0.39 is 0 Å². The van der Waals surface area contributed by atoms with Crippen LogP contribution < -0.4 is 15.6 Å². The molecular formula is C25H28N2O4. The van der Waals surface area contributed by atoms with Gasteiger partial charge in [0.15, 0.2) is 0 Å². The van der Waals surface area contributed by atoms with Gasteiger partial charge in [0, 0.05) is 42.4 Å². The maximum absolute atomic E-state index is 13.0. The van der Waals surface area contributed by atoms with Crippen molar-refractivity contribution in [2.75, 3.05) is 25.6 Å². The molecule has 6 heteroatoms. The van der Waals surface area contributed by atoms with Crippen LogP contribution in [0.4, 0.5) is 5.69 Å². The summed E-state index contributed by atoms with van der Waals surface area (Å²) in [6, 6.07) is 13.1. The number of ether oxygens (including phenoxy) is 2. The van der Waals surface area contributed by atoms with E-state index in [1.54, 1.807) is 11.7 Å². The van der Waals surface area contributed by atoms with E-state index in [2.05, 4.69) is 5.32 Å². The third-order valence-electron chi connectivity index (χ3n) is 5.91. The highest BCUT2D eigenvalue weighted by Crippen LogP contribution is 2.23. The molecule has 0 unspecified atom stereocenters. The highest BCUT2D eigenvalue weighted by atomic mass is 16.5. The Kier molecular flexibility index (Phi) is 6.37. The van der Waals surface area contributed by atoms with Gasteiger partial charge in [-0.05, 0) is 61.1 Å². The number of nitrogens with zero attached hydrogens (tertiary/aromatic N) is 1. The third kappa shape index (κ3) is 4.80. The molecule has 2 aromatic carbocycles. The van der Waals surface area contributed by atoms with Crippen molar-refractivity contribution in [2.45, 2.75) is 32.7 Å². The van der Waals surface area contributed by atoms with E-state index in [0.717, 1.165) is 48.3 Å². The first-order chi connectivity index (χ1) is 15.0. The van der Waals surface area contributed by atoms with Crippen LogP contribution in [-0.4, -0.2) is 30.8 Å². The minimum atomic E-state index is -0.122. The van der Waals surface area contributed by atoms with Crippen LogP contribution in [-0.2, 0) is 22.5 Å². The number of aryl methyl sites for hydroxylation is 1. The van der Waals surface area contributed by atoms with E-state index in [0.29, 0.717) is 23.5 Å². The molecule has 31 heavy (non-hydrogen) atoms. The molecule has 0 radical (unpaired) electrons. The van der Waals surface area contributed by atoms with Crippen LogP contribution in [0.1, 0.15) is 24.0 Å². The van der Waals surface area contributed by atoms with Crippen molar-refractivity contribution in [1.29, 1.82) is 0 Å². The molecule has 1 saturated heterocycles. The monoisotopic (exact) mass is 420 g/mol. The molecule has 1 aromatic heterocycles. The Morgan fingerprint density at radius 2 is 1.97 bits per heavy atom. The zero-order valence-electron chi connectivity index (χ0n) is 18.0. The number of hydrogen-bond acceptors (Lipinski definition) is 4. The second-order valence-electron chi connectivity index (χ2n) is 8.12. The fraction of sp³-hybridized carbons (Fsp3) is 0.360. The van der Waals surface area contributed by atoms with Gasteiger partial charge in [0.2, 0.25) is 5.91 Å². The first-order valence-electron chi connectivity index (χ1n) is 10.7. The van der Waals surface area contributed by atoms with Crippen LogP contribution in [0.5, 0.6) is 5.75 Å². The molecule has 0 saturated carbocycles. The highest BCUT2D eigenvalue weighted by Gasteiger charge is 2.16. The SMILES string of the molecule is COc1ccc(CC(=O)Nc2cccc3c(=O)n(CC4CCOCC4)ccc23)cc1C. The summed E-state index contributed by atoms with van der Waals surface area (Å²) < 4.78 is 12.5. The summed E-state index contributed by atoms with van der Waals surface area (Å²) in [5.74, 6) is 1.14. The lowest BCUT2D eigenvalue weighted by atomic mass is 10.00. The number of fused-ring (bicyclic) bond motifs is 1. The topological polar surface area (TPSA) is 69.6 Å². The summed E-state index contributed by atoms with van der Waals surface area (Å²) in [4.78, 5) is 25.7. The number of anilines is 1. The van der Waals surface area contributed by atoms with Crippen LogP contribution in [0.15, 0.2) is 53.5 Å². The number of benzene rings is 2. The van der Waals surface area contributed by atoms with E-state index >= 15 is 0 Å². The number of carbonyl (C=O) groups excluding carboxylic acids is 1. The van der Waals surface area contributed by atoms with Gasteiger partial charge in [-0.1, -0.05) is 18.2 Å². The summed E-state index contributed by atoms with van der Waals surface area (Å²) in [5.41, 5.74) is 2.53. The molecule has 0 aliphatic carbocycles. The Balaban J connectivity index is 1.52. The molecule has 0 bridgehead atoms. The number of hydrogen-bond donors (Lipinski definition) is 1. The summed E-state index contributed by atoms with van der Waals surface area (Å²) in [6.07, 6.45) is 4.04. The summed E-state index contributed by atoms with van der Waals surface area (Å²) in [7, 11) is 1.63. The molecule has 1 aliphatic heterocycles. The van der Waals surface area contributed by atoms with Crippen LogP contribution in [0.3, 0.4) is 0 Å². The average Bonchev–Trinajstić information content (AvgIpc) is 2.77. The predicted octanol–water partition coefficient (Wildman–Crippen LogP) is 3.93. The van der Waals surface area contributed by atoms with Crippen molar-refractivity contribution in [3.8, 4) is 5.75 Å². The Bertz CT molecular complexity index is 1150. The summed E-state index contributed by atoms with van der Waals surface area (Å²) >= 11 is 0. The average molecular weight is 421 g/mol. The lowest BCUT2D eigenvalue weighted by Crippen LogP contribution is -2.27. The maximum Gasteiger partial charge on any atom is 0.258 e. The van der Waals surface area contributed by atoms with Crippen LogP contribution >= 0.6 is 0 Å². The number of carbonyl (C=O) groups is 1. The molecule has 3 aromatic rings. The number of amides is 1. The Hall–Kier alpha value is -3.12. The predicted molar refractivity (Wildman–Crippen MR) is 122 cm³/mol.